The molecular formula is C26H31N5O. The summed E-state index contributed by atoms with van der Waals surface area (Å²) in [6.07, 6.45) is 9.12. The van der Waals surface area contributed by atoms with Gasteiger partial charge in [-0.1, -0.05) is 55.5 Å². The molecule has 1 heterocycles. The molecule has 166 valence electrons. The summed E-state index contributed by atoms with van der Waals surface area (Å²) in [6.45, 7) is 5.49. The number of rotatable bonds is 7. The molecule has 0 radical (unpaired) electrons. The second-order valence-electron chi connectivity index (χ2n) is 8.64. The first-order valence-electron chi connectivity index (χ1n) is 11.1. The highest BCUT2D eigenvalue weighted by Gasteiger charge is 2.36. The SMILES string of the molecule is CC(NC(=O)NCCNc1ccc(-c2cnn(C)c2)cc1)C1(C)CC=Cc2ccccc21. The summed E-state index contributed by atoms with van der Waals surface area (Å²) in [5.41, 5.74) is 5.63. The van der Waals surface area contributed by atoms with Crippen LogP contribution in [0, 0.1) is 0 Å². The minimum atomic E-state index is -0.139. The van der Waals surface area contributed by atoms with Crippen molar-refractivity contribution in [3.05, 3.63) is 78.1 Å². The molecule has 1 aromatic heterocycles. The van der Waals surface area contributed by atoms with Crippen LogP contribution < -0.4 is 16.0 Å². The first kappa shape index (κ1) is 21.7. The maximum atomic E-state index is 12.5. The number of fused-ring (bicyclic) bond motifs is 1. The molecule has 3 aromatic rings. The second kappa shape index (κ2) is 9.30. The quantitative estimate of drug-likeness (QED) is 0.482. The number of hydrogen-bond donors (Lipinski definition) is 3. The maximum Gasteiger partial charge on any atom is 0.315 e. The van der Waals surface area contributed by atoms with Crippen LogP contribution in [0.1, 0.15) is 31.4 Å². The lowest BCUT2D eigenvalue weighted by molar-refractivity contribution is 0.229. The van der Waals surface area contributed by atoms with E-state index in [0.717, 1.165) is 23.2 Å². The Balaban J connectivity index is 1.24. The Bertz CT molecular complexity index is 1100. The predicted octanol–water partition coefficient (Wildman–Crippen LogP) is 4.56. The minimum absolute atomic E-state index is 0.00146. The summed E-state index contributed by atoms with van der Waals surface area (Å²) in [5.74, 6) is 0. The molecule has 1 aliphatic rings. The molecule has 2 atom stereocenters. The Morgan fingerprint density at radius 2 is 1.91 bits per heavy atom. The second-order valence-corrected chi connectivity index (χ2v) is 8.64. The average Bonchev–Trinajstić information content (AvgIpc) is 3.24. The van der Waals surface area contributed by atoms with Crippen molar-refractivity contribution in [2.45, 2.75) is 31.7 Å². The summed E-state index contributed by atoms with van der Waals surface area (Å²) < 4.78 is 1.79. The molecule has 1 aliphatic carbocycles. The molecule has 0 spiro atoms. The van der Waals surface area contributed by atoms with Gasteiger partial charge in [0.25, 0.3) is 0 Å². The van der Waals surface area contributed by atoms with Crippen LogP contribution in [0.25, 0.3) is 17.2 Å². The standard InChI is InChI=1S/C26H31N5O/c1-19(26(2)14-6-8-21-7-4-5-9-24(21)26)30-25(32)28-16-15-27-23-12-10-20(11-13-23)22-17-29-31(3)18-22/h4-13,17-19,27H,14-16H2,1-3H3,(H2,28,30,32). The molecule has 0 fully saturated rings. The number of allylic oxidation sites excluding steroid dienone is 1. The van der Waals surface area contributed by atoms with Gasteiger partial charge in [0.2, 0.25) is 0 Å². The Morgan fingerprint density at radius 3 is 2.66 bits per heavy atom. The number of carbonyl (C=O) groups is 1. The Hall–Kier alpha value is -3.54. The van der Waals surface area contributed by atoms with E-state index in [9.17, 15) is 4.79 Å². The topological polar surface area (TPSA) is 71.0 Å². The van der Waals surface area contributed by atoms with Crippen LogP contribution in [-0.4, -0.2) is 34.9 Å². The minimum Gasteiger partial charge on any atom is -0.383 e. The fraction of sp³-hybridized carbons (Fsp3) is 0.308. The van der Waals surface area contributed by atoms with Crippen molar-refractivity contribution in [3.63, 3.8) is 0 Å². The molecular weight excluding hydrogens is 398 g/mol. The molecule has 3 N–H and O–H groups in total. The van der Waals surface area contributed by atoms with Gasteiger partial charge in [0, 0.05) is 49.0 Å². The third kappa shape index (κ3) is 4.69. The van der Waals surface area contributed by atoms with E-state index in [4.69, 9.17) is 0 Å². The highest BCUT2D eigenvalue weighted by Crippen LogP contribution is 2.38. The molecule has 2 amide bonds. The van der Waals surface area contributed by atoms with Crippen LogP contribution in [0.5, 0.6) is 0 Å². The van der Waals surface area contributed by atoms with Crippen molar-refractivity contribution < 1.29 is 4.79 Å². The van der Waals surface area contributed by atoms with Crippen LogP contribution in [0.3, 0.4) is 0 Å². The number of hydrogen-bond acceptors (Lipinski definition) is 3. The molecule has 0 aliphatic heterocycles. The number of carbonyl (C=O) groups excluding carboxylic acids is 1. The molecule has 2 aromatic carbocycles. The van der Waals surface area contributed by atoms with E-state index in [0.29, 0.717) is 13.1 Å². The van der Waals surface area contributed by atoms with Crippen LogP contribution in [0.15, 0.2) is 67.0 Å². The lowest BCUT2D eigenvalue weighted by Crippen LogP contribution is -2.51. The van der Waals surface area contributed by atoms with Gasteiger partial charge in [0.1, 0.15) is 0 Å². The largest absolute Gasteiger partial charge is 0.383 e. The zero-order valence-electron chi connectivity index (χ0n) is 18.9. The third-order valence-electron chi connectivity index (χ3n) is 6.38. The first-order valence-corrected chi connectivity index (χ1v) is 11.1. The molecule has 6 nitrogen and oxygen atoms in total. The van der Waals surface area contributed by atoms with Crippen molar-refractivity contribution in [2.75, 3.05) is 18.4 Å². The van der Waals surface area contributed by atoms with Crippen LogP contribution >= 0.6 is 0 Å². The molecule has 2 unspecified atom stereocenters. The molecule has 0 bridgehead atoms. The number of nitrogens with zero attached hydrogens (tertiary/aromatic N) is 2. The van der Waals surface area contributed by atoms with E-state index < -0.39 is 0 Å². The van der Waals surface area contributed by atoms with Gasteiger partial charge in [0.15, 0.2) is 0 Å². The van der Waals surface area contributed by atoms with Crippen molar-refractivity contribution in [2.24, 2.45) is 7.05 Å². The monoisotopic (exact) mass is 429 g/mol. The number of urea groups is 1. The number of aromatic nitrogens is 2. The van der Waals surface area contributed by atoms with Crippen LogP contribution in [0.2, 0.25) is 0 Å². The zero-order chi connectivity index (χ0) is 22.6. The summed E-state index contributed by atoms with van der Waals surface area (Å²) in [5, 5.41) is 13.7. The van der Waals surface area contributed by atoms with Crippen molar-refractivity contribution in [3.8, 4) is 11.1 Å². The van der Waals surface area contributed by atoms with E-state index in [1.54, 1.807) is 4.68 Å². The predicted molar refractivity (Wildman–Crippen MR) is 131 cm³/mol. The number of nitrogens with one attached hydrogen (secondary N) is 3. The molecule has 4 rings (SSSR count). The van der Waals surface area contributed by atoms with Crippen LogP contribution in [0.4, 0.5) is 10.5 Å². The summed E-state index contributed by atoms with van der Waals surface area (Å²) in [7, 11) is 1.91. The lowest BCUT2D eigenvalue weighted by atomic mass is 9.70. The molecule has 0 saturated carbocycles. The fourth-order valence-electron chi connectivity index (χ4n) is 4.25. The summed E-state index contributed by atoms with van der Waals surface area (Å²) in [6, 6.07) is 16.5. The third-order valence-corrected chi connectivity index (χ3v) is 6.38. The molecule has 6 heteroatoms. The Morgan fingerprint density at radius 1 is 1.12 bits per heavy atom. The van der Waals surface area contributed by atoms with Gasteiger partial charge in [-0.05, 0) is 42.2 Å². The Labute approximate surface area is 189 Å². The highest BCUT2D eigenvalue weighted by molar-refractivity contribution is 5.74. The number of anilines is 1. The summed E-state index contributed by atoms with van der Waals surface area (Å²) >= 11 is 0. The average molecular weight is 430 g/mol. The van der Waals surface area contributed by atoms with Gasteiger partial charge in [0.05, 0.1) is 6.20 Å². The number of amides is 2. The molecule has 32 heavy (non-hydrogen) atoms. The fourth-order valence-corrected chi connectivity index (χ4v) is 4.25. The van der Waals surface area contributed by atoms with E-state index in [1.165, 1.54) is 11.1 Å². The first-order chi connectivity index (χ1) is 15.5. The van der Waals surface area contributed by atoms with Crippen molar-refractivity contribution in [1.29, 1.82) is 0 Å². The smallest absolute Gasteiger partial charge is 0.315 e. The Kier molecular flexibility index (Phi) is 6.30. The molecule has 0 saturated heterocycles. The van der Waals surface area contributed by atoms with E-state index in [-0.39, 0.29) is 17.5 Å². The van der Waals surface area contributed by atoms with E-state index in [1.807, 2.05) is 31.6 Å². The van der Waals surface area contributed by atoms with Crippen molar-refractivity contribution >= 4 is 17.8 Å². The normalized spacial score (nSPS) is 18.0. The van der Waals surface area contributed by atoms with E-state index >= 15 is 0 Å². The zero-order valence-corrected chi connectivity index (χ0v) is 18.9. The maximum absolute atomic E-state index is 12.5. The summed E-state index contributed by atoms with van der Waals surface area (Å²) in [4.78, 5) is 12.5. The number of benzene rings is 2. The van der Waals surface area contributed by atoms with E-state index in [2.05, 4.69) is 83.4 Å². The van der Waals surface area contributed by atoms with Gasteiger partial charge in [-0.15, -0.1) is 0 Å². The lowest BCUT2D eigenvalue weighted by Gasteiger charge is -2.39. The van der Waals surface area contributed by atoms with Crippen LogP contribution in [-0.2, 0) is 12.5 Å². The van der Waals surface area contributed by atoms with Gasteiger partial charge < -0.3 is 16.0 Å². The van der Waals surface area contributed by atoms with Gasteiger partial charge in [-0.3, -0.25) is 4.68 Å². The van der Waals surface area contributed by atoms with Gasteiger partial charge in [-0.2, -0.15) is 5.10 Å². The van der Waals surface area contributed by atoms with Gasteiger partial charge >= 0.3 is 6.03 Å². The van der Waals surface area contributed by atoms with Crippen molar-refractivity contribution in [1.82, 2.24) is 20.4 Å². The highest BCUT2D eigenvalue weighted by atomic mass is 16.2. The number of aryl methyl sites for hydroxylation is 1. The van der Waals surface area contributed by atoms with Gasteiger partial charge in [-0.25, -0.2) is 4.79 Å².